The summed E-state index contributed by atoms with van der Waals surface area (Å²) in [7, 11) is 2.11. The van der Waals surface area contributed by atoms with E-state index in [0.29, 0.717) is 23.7 Å². The maximum Gasteiger partial charge on any atom is 0.254 e. The van der Waals surface area contributed by atoms with Crippen LogP contribution < -0.4 is 0 Å². The number of piperidine rings is 2. The molecule has 0 radical (unpaired) electrons. The van der Waals surface area contributed by atoms with Crippen molar-refractivity contribution < 1.29 is 9.90 Å². The summed E-state index contributed by atoms with van der Waals surface area (Å²) < 4.78 is 0. The predicted octanol–water partition coefficient (Wildman–Crippen LogP) is 3.41. The fraction of sp³-hybridized carbons (Fsp3) is 0.476. The van der Waals surface area contributed by atoms with Crippen LogP contribution >= 0.6 is 11.6 Å². The van der Waals surface area contributed by atoms with Crippen LogP contribution in [0, 0.1) is 5.41 Å². The Balaban J connectivity index is 1.65. The molecule has 1 amide bonds. The van der Waals surface area contributed by atoms with Crippen molar-refractivity contribution in [1.82, 2.24) is 9.80 Å². The summed E-state index contributed by atoms with van der Waals surface area (Å²) in [6, 6.07) is 11.7. The Hall–Kier alpha value is -1.62. The Morgan fingerprint density at radius 1 is 1.19 bits per heavy atom. The van der Waals surface area contributed by atoms with E-state index in [4.69, 9.17) is 11.6 Å². The maximum absolute atomic E-state index is 13.3. The predicted molar refractivity (Wildman–Crippen MR) is 105 cm³/mol. The minimum Gasteiger partial charge on any atom is -0.396 e. The van der Waals surface area contributed by atoms with E-state index in [2.05, 4.69) is 11.9 Å². The van der Waals surface area contributed by atoms with Crippen molar-refractivity contribution >= 4 is 28.3 Å². The lowest BCUT2D eigenvalue weighted by Crippen LogP contribution is -2.62. The molecule has 5 heteroatoms. The fourth-order valence-electron chi connectivity index (χ4n) is 4.83. The number of fused-ring (bicyclic) bond motifs is 2. The third-order valence-electron chi connectivity index (χ3n) is 6.40. The Bertz CT molecular complexity index is 840. The van der Waals surface area contributed by atoms with E-state index in [1.807, 2.05) is 41.3 Å². The number of hydrogen-bond acceptors (Lipinski definition) is 3. The van der Waals surface area contributed by atoms with Crippen LogP contribution in [0.25, 0.3) is 10.8 Å². The first kappa shape index (κ1) is 17.8. The van der Waals surface area contributed by atoms with E-state index in [9.17, 15) is 9.90 Å². The minimum absolute atomic E-state index is 0.0587. The highest BCUT2D eigenvalue weighted by atomic mass is 35.5. The van der Waals surface area contributed by atoms with E-state index in [1.54, 1.807) is 0 Å². The van der Waals surface area contributed by atoms with E-state index < -0.39 is 0 Å². The Morgan fingerprint density at radius 3 is 2.77 bits per heavy atom. The van der Waals surface area contributed by atoms with Gasteiger partial charge in [0, 0.05) is 40.5 Å². The number of aliphatic hydroxyl groups excluding tert-OH is 1. The molecule has 4 nitrogen and oxygen atoms in total. The molecule has 26 heavy (non-hydrogen) atoms. The number of amides is 1. The third kappa shape index (κ3) is 2.81. The number of likely N-dealkylation sites (N-methyl/N-ethyl adjacent to an activating group) is 1. The summed E-state index contributed by atoms with van der Waals surface area (Å²) in [6.45, 7) is 2.60. The largest absolute Gasteiger partial charge is 0.396 e. The van der Waals surface area contributed by atoms with Gasteiger partial charge in [0.2, 0.25) is 0 Å². The smallest absolute Gasteiger partial charge is 0.254 e. The number of hydrogen-bond donors (Lipinski definition) is 1. The van der Waals surface area contributed by atoms with Gasteiger partial charge in [0.15, 0.2) is 0 Å². The quantitative estimate of drug-likeness (QED) is 0.878. The fourth-order valence-corrected chi connectivity index (χ4v) is 5.07. The molecule has 4 rings (SSSR count). The highest BCUT2D eigenvalue weighted by Crippen LogP contribution is 2.42. The molecular formula is C21H25ClN2O2. The molecule has 2 atom stereocenters. The van der Waals surface area contributed by atoms with Gasteiger partial charge in [0.25, 0.3) is 5.91 Å². The lowest BCUT2D eigenvalue weighted by atomic mass is 9.69. The van der Waals surface area contributed by atoms with Crippen LogP contribution in [-0.2, 0) is 0 Å². The van der Waals surface area contributed by atoms with Gasteiger partial charge >= 0.3 is 0 Å². The second-order valence-electron chi connectivity index (χ2n) is 7.76. The monoisotopic (exact) mass is 372 g/mol. The van der Waals surface area contributed by atoms with Gasteiger partial charge in [0.05, 0.1) is 6.61 Å². The standard InChI is InChI=1S/C21H25ClN2O2/c1-23-11-4-9-21(14-25)10-12-24(13-19(21)23)20(26)17-7-2-6-16-15(17)5-3-8-18(16)22/h2-3,5-8,19,25H,4,9-14H2,1H3/t19-,21-/m1/s1. The summed E-state index contributed by atoms with van der Waals surface area (Å²) in [6.07, 6.45) is 3.02. The number of nitrogens with zero attached hydrogens (tertiary/aromatic N) is 2. The van der Waals surface area contributed by atoms with Crippen molar-refractivity contribution in [2.24, 2.45) is 5.41 Å². The van der Waals surface area contributed by atoms with Gasteiger partial charge in [-0.1, -0.05) is 35.9 Å². The number of halogens is 1. The second kappa shape index (κ2) is 6.84. The summed E-state index contributed by atoms with van der Waals surface area (Å²) in [5, 5.41) is 12.5. The number of aliphatic hydroxyl groups is 1. The molecule has 0 aliphatic carbocycles. The van der Waals surface area contributed by atoms with E-state index >= 15 is 0 Å². The molecule has 2 aromatic rings. The first-order valence-electron chi connectivity index (χ1n) is 9.33. The molecule has 2 fully saturated rings. The van der Waals surface area contributed by atoms with E-state index in [0.717, 1.165) is 36.6 Å². The average molecular weight is 373 g/mol. The lowest BCUT2D eigenvalue weighted by molar-refractivity contribution is -0.0601. The SMILES string of the molecule is CN1CCC[C@]2(CO)CCN(C(=O)c3cccc4c(Cl)cccc34)C[C@@H]12. The van der Waals surface area contributed by atoms with Gasteiger partial charge < -0.3 is 14.9 Å². The van der Waals surface area contributed by atoms with Gasteiger partial charge in [-0.2, -0.15) is 0 Å². The highest BCUT2D eigenvalue weighted by molar-refractivity contribution is 6.36. The zero-order valence-electron chi connectivity index (χ0n) is 15.1. The molecule has 0 aromatic heterocycles. The minimum atomic E-state index is -0.0636. The van der Waals surface area contributed by atoms with Gasteiger partial charge in [-0.05, 0) is 50.4 Å². The number of carbonyl (C=O) groups excluding carboxylic acids is 1. The Morgan fingerprint density at radius 2 is 1.96 bits per heavy atom. The molecule has 0 saturated carbocycles. The molecule has 2 heterocycles. The molecule has 2 aliphatic heterocycles. The summed E-state index contributed by atoms with van der Waals surface area (Å²) >= 11 is 6.31. The molecule has 1 N–H and O–H groups in total. The van der Waals surface area contributed by atoms with Crippen LogP contribution in [0.1, 0.15) is 29.6 Å². The van der Waals surface area contributed by atoms with Crippen molar-refractivity contribution in [3.63, 3.8) is 0 Å². The number of benzene rings is 2. The number of likely N-dealkylation sites (tertiary alicyclic amines) is 2. The molecule has 0 spiro atoms. The van der Waals surface area contributed by atoms with Crippen LogP contribution in [-0.4, -0.2) is 60.1 Å². The Kier molecular flexibility index (Phi) is 4.68. The topological polar surface area (TPSA) is 43.8 Å². The zero-order chi connectivity index (χ0) is 18.3. The van der Waals surface area contributed by atoms with Gasteiger partial charge in [-0.15, -0.1) is 0 Å². The van der Waals surface area contributed by atoms with Crippen molar-refractivity contribution in [2.45, 2.75) is 25.3 Å². The lowest BCUT2D eigenvalue weighted by Gasteiger charge is -2.53. The highest BCUT2D eigenvalue weighted by Gasteiger charge is 2.47. The molecule has 2 aliphatic rings. The Labute approximate surface area is 159 Å². The van der Waals surface area contributed by atoms with Crippen molar-refractivity contribution in [1.29, 1.82) is 0 Å². The van der Waals surface area contributed by atoms with Crippen molar-refractivity contribution in [3.05, 3.63) is 47.0 Å². The molecule has 138 valence electrons. The van der Waals surface area contributed by atoms with Crippen LogP contribution in [0.4, 0.5) is 0 Å². The average Bonchev–Trinajstić information content (AvgIpc) is 2.67. The summed E-state index contributed by atoms with van der Waals surface area (Å²) in [5.41, 5.74) is 0.645. The first-order valence-corrected chi connectivity index (χ1v) is 9.71. The summed E-state index contributed by atoms with van der Waals surface area (Å²) in [5.74, 6) is 0.0587. The third-order valence-corrected chi connectivity index (χ3v) is 6.73. The second-order valence-corrected chi connectivity index (χ2v) is 8.17. The van der Waals surface area contributed by atoms with Crippen LogP contribution in [0.2, 0.25) is 5.02 Å². The van der Waals surface area contributed by atoms with E-state index in [-0.39, 0.29) is 24.0 Å². The van der Waals surface area contributed by atoms with Crippen LogP contribution in [0.15, 0.2) is 36.4 Å². The molecule has 2 aromatic carbocycles. The molecule has 2 saturated heterocycles. The van der Waals surface area contributed by atoms with Gasteiger partial charge in [-0.25, -0.2) is 0 Å². The van der Waals surface area contributed by atoms with Gasteiger partial charge in [0.1, 0.15) is 0 Å². The number of rotatable bonds is 2. The van der Waals surface area contributed by atoms with E-state index in [1.165, 1.54) is 0 Å². The van der Waals surface area contributed by atoms with Crippen molar-refractivity contribution in [3.8, 4) is 0 Å². The van der Waals surface area contributed by atoms with Gasteiger partial charge in [-0.3, -0.25) is 4.79 Å². The normalized spacial score (nSPS) is 26.7. The molecular weight excluding hydrogens is 348 g/mol. The zero-order valence-corrected chi connectivity index (χ0v) is 15.9. The molecule has 0 unspecified atom stereocenters. The molecule has 0 bridgehead atoms. The maximum atomic E-state index is 13.3. The van der Waals surface area contributed by atoms with Crippen LogP contribution in [0.5, 0.6) is 0 Å². The first-order chi connectivity index (χ1) is 12.6. The summed E-state index contributed by atoms with van der Waals surface area (Å²) in [4.78, 5) is 17.6. The number of carbonyl (C=O) groups is 1. The van der Waals surface area contributed by atoms with Crippen LogP contribution in [0.3, 0.4) is 0 Å². The van der Waals surface area contributed by atoms with Crippen molar-refractivity contribution in [2.75, 3.05) is 33.3 Å².